The molecule has 2 rings (SSSR count). The van der Waals surface area contributed by atoms with Crippen molar-refractivity contribution in [2.75, 3.05) is 0 Å². The average molecular weight is 321 g/mol. The molecule has 0 fully saturated rings. The molecule has 0 saturated heterocycles. The fourth-order valence-electron chi connectivity index (χ4n) is 1.88. The highest BCUT2D eigenvalue weighted by atomic mass is 79.9. The molecule has 0 bridgehead atoms. The molecule has 0 radical (unpaired) electrons. The molecule has 3 nitrogen and oxygen atoms in total. The number of pyridine rings is 1. The molecule has 1 atom stereocenters. The lowest BCUT2D eigenvalue weighted by atomic mass is 10.1. The summed E-state index contributed by atoms with van der Waals surface area (Å²) in [7, 11) is 0. The molecule has 1 aromatic heterocycles. The van der Waals surface area contributed by atoms with Crippen LogP contribution in [0.1, 0.15) is 29.9 Å². The van der Waals surface area contributed by atoms with Gasteiger partial charge in [0.15, 0.2) is 0 Å². The first kappa shape index (κ1) is 14.0. The maximum absolute atomic E-state index is 9.75. The normalized spacial score (nSPS) is 12.4. The first-order valence-corrected chi connectivity index (χ1v) is 7.00. The number of aromatic hydroxyl groups is 1. The van der Waals surface area contributed by atoms with Crippen molar-refractivity contribution < 1.29 is 5.11 Å². The summed E-state index contributed by atoms with van der Waals surface area (Å²) in [6.45, 7) is 4.55. The van der Waals surface area contributed by atoms with Crippen LogP contribution in [0.2, 0.25) is 0 Å². The average Bonchev–Trinajstić information content (AvgIpc) is 2.39. The van der Waals surface area contributed by atoms with Gasteiger partial charge < -0.3 is 10.4 Å². The highest BCUT2D eigenvalue weighted by molar-refractivity contribution is 9.10. The molecule has 0 spiro atoms. The zero-order chi connectivity index (χ0) is 13.8. The van der Waals surface area contributed by atoms with E-state index in [-0.39, 0.29) is 11.8 Å². The van der Waals surface area contributed by atoms with E-state index in [0.717, 1.165) is 10.2 Å². The van der Waals surface area contributed by atoms with Crippen molar-refractivity contribution in [1.29, 1.82) is 0 Å². The van der Waals surface area contributed by atoms with Crippen LogP contribution in [0.3, 0.4) is 0 Å². The Kier molecular flexibility index (Phi) is 4.56. The number of benzene rings is 1. The fraction of sp³-hybridized carbons (Fsp3) is 0.267. The molecule has 0 aliphatic rings. The van der Waals surface area contributed by atoms with Crippen LogP contribution >= 0.6 is 15.9 Å². The van der Waals surface area contributed by atoms with Crippen LogP contribution in [-0.4, -0.2) is 10.1 Å². The Hall–Kier alpha value is -1.39. The summed E-state index contributed by atoms with van der Waals surface area (Å²) in [5.41, 5.74) is 2.79. The summed E-state index contributed by atoms with van der Waals surface area (Å²) in [6.07, 6.45) is 0. The SMILES string of the molecule is Cc1ccc(O)c(CN[C@@H](C)c2cccc(Br)c2)n1. The van der Waals surface area contributed by atoms with Gasteiger partial charge in [0.05, 0.1) is 5.69 Å². The fourth-order valence-corrected chi connectivity index (χ4v) is 2.29. The second kappa shape index (κ2) is 6.17. The Balaban J connectivity index is 2.04. The second-order valence-corrected chi connectivity index (χ2v) is 5.49. The molecule has 2 aromatic rings. The lowest BCUT2D eigenvalue weighted by molar-refractivity contribution is 0.454. The number of halogens is 1. The molecular formula is C15H17BrN2O. The van der Waals surface area contributed by atoms with Crippen molar-refractivity contribution >= 4 is 15.9 Å². The Labute approximate surface area is 121 Å². The van der Waals surface area contributed by atoms with E-state index >= 15 is 0 Å². The van der Waals surface area contributed by atoms with Crippen LogP contribution in [0.25, 0.3) is 0 Å². The van der Waals surface area contributed by atoms with E-state index in [1.165, 1.54) is 5.56 Å². The Morgan fingerprint density at radius 2 is 2.11 bits per heavy atom. The largest absolute Gasteiger partial charge is 0.506 e. The third-order valence-corrected chi connectivity index (χ3v) is 3.51. The van der Waals surface area contributed by atoms with Crippen molar-refractivity contribution in [2.24, 2.45) is 0 Å². The van der Waals surface area contributed by atoms with Gasteiger partial charge in [0, 0.05) is 22.8 Å². The molecule has 0 saturated carbocycles. The number of hydrogen-bond donors (Lipinski definition) is 2. The van der Waals surface area contributed by atoms with Crippen LogP contribution in [0.5, 0.6) is 5.75 Å². The number of aryl methyl sites for hydroxylation is 1. The standard InChI is InChI=1S/C15H17BrN2O/c1-10-6-7-15(19)14(18-10)9-17-11(2)12-4-3-5-13(16)8-12/h3-8,11,17,19H,9H2,1-2H3/t11-/m0/s1. The smallest absolute Gasteiger partial charge is 0.138 e. The molecule has 0 amide bonds. The van der Waals surface area contributed by atoms with Gasteiger partial charge >= 0.3 is 0 Å². The van der Waals surface area contributed by atoms with Gasteiger partial charge in [0.25, 0.3) is 0 Å². The lowest BCUT2D eigenvalue weighted by Crippen LogP contribution is -2.19. The first-order valence-electron chi connectivity index (χ1n) is 6.20. The van der Waals surface area contributed by atoms with E-state index in [1.807, 2.05) is 19.1 Å². The number of rotatable bonds is 4. The molecule has 1 aromatic carbocycles. The second-order valence-electron chi connectivity index (χ2n) is 4.58. The predicted octanol–water partition coefficient (Wildman–Crippen LogP) is 3.71. The first-order chi connectivity index (χ1) is 9.06. The summed E-state index contributed by atoms with van der Waals surface area (Å²) >= 11 is 3.47. The number of nitrogens with zero attached hydrogens (tertiary/aromatic N) is 1. The quantitative estimate of drug-likeness (QED) is 0.902. The third-order valence-electron chi connectivity index (χ3n) is 3.01. The van der Waals surface area contributed by atoms with Crippen LogP contribution < -0.4 is 5.32 Å². The zero-order valence-electron chi connectivity index (χ0n) is 11.0. The number of hydrogen-bond acceptors (Lipinski definition) is 3. The maximum atomic E-state index is 9.75. The number of aromatic nitrogens is 1. The summed E-state index contributed by atoms with van der Waals surface area (Å²) in [5.74, 6) is 0.236. The number of nitrogens with one attached hydrogen (secondary N) is 1. The Bertz CT molecular complexity index is 572. The highest BCUT2D eigenvalue weighted by Crippen LogP contribution is 2.19. The van der Waals surface area contributed by atoms with Gasteiger partial charge in [-0.25, -0.2) is 0 Å². The topological polar surface area (TPSA) is 45.1 Å². The van der Waals surface area contributed by atoms with Crippen LogP contribution in [0.15, 0.2) is 40.9 Å². The minimum atomic E-state index is 0.194. The summed E-state index contributed by atoms with van der Waals surface area (Å²) in [5, 5.41) is 13.1. The van der Waals surface area contributed by atoms with Crippen molar-refractivity contribution in [1.82, 2.24) is 10.3 Å². The van der Waals surface area contributed by atoms with Crippen LogP contribution in [0.4, 0.5) is 0 Å². The molecule has 2 N–H and O–H groups in total. The molecular weight excluding hydrogens is 304 g/mol. The van der Waals surface area contributed by atoms with E-state index in [0.29, 0.717) is 12.2 Å². The van der Waals surface area contributed by atoms with Gasteiger partial charge in [0.1, 0.15) is 5.75 Å². The Morgan fingerprint density at radius 1 is 1.32 bits per heavy atom. The van der Waals surface area contributed by atoms with Crippen molar-refractivity contribution in [3.63, 3.8) is 0 Å². The van der Waals surface area contributed by atoms with Gasteiger partial charge in [-0.1, -0.05) is 28.1 Å². The van der Waals surface area contributed by atoms with Crippen molar-refractivity contribution in [3.8, 4) is 5.75 Å². The third kappa shape index (κ3) is 3.78. The maximum Gasteiger partial charge on any atom is 0.138 e. The van der Waals surface area contributed by atoms with E-state index in [4.69, 9.17) is 0 Å². The van der Waals surface area contributed by atoms with Gasteiger partial charge in [-0.05, 0) is 43.7 Å². The van der Waals surface area contributed by atoms with Gasteiger partial charge in [-0.3, -0.25) is 4.98 Å². The highest BCUT2D eigenvalue weighted by Gasteiger charge is 2.08. The lowest BCUT2D eigenvalue weighted by Gasteiger charge is -2.15. The molecule has 4 heteroatoms. The van der Waals surface area contributed by atoms with E-state index in [2.05, 4.69) is 45.3 Å². The van der Waals surface area contributed by atoms with Gasteiger partial charge in [0.2, 0.25) is 0 Å². The van der Waals surface area contributed by atoms with Gasteiger partial charge in [-0.15, -0.1) is 0 Å². The molecule has 100 valence electrons. The van der Waals surface area contributed by atoms with Crippen LogP contribution in [-0.2, 0) is 6.54 Å². The van der Waals surface area contributed by atoms with E-state index < -0.39 is 0 Å². The summed E-state index contributed by atoms with van der Waals surface area (Å²) in [4.78, 5) is 4.33. The predicted molar refractivity (Wildman–Crippen MR) is 80.0 cm³/mol. The summed E-state index contributed by atoms with van der Waals surface area (Å²) < 4.78 is 1.06. The van der Waals surface area contributed by atoms with Crippen LogP contribution in [0, 0.1) is 6.92 Å². The van der Waals surface area contributed by atoms with E-state index in [9.17, 15) is 5.11 Å². The molecule has 1 heterocycles. The van der Waals surface area contributed by atoms with Crippen molar-refractivity contribution in [2.45, 2.75) is 26.4 Å². The molecule has 0 aliphatic heterocycles. The molecule has 19 heavy (non-hydrogen) atoms. The minimum Gasteiger partial charge on any atom is -0.506 e. The minimum absolute atomic E-state index is 0.194. The van der Waals surface area contributed by atoms with Gasteiger partial charge in [-0.2, -0.15) is 0 Å². The Morgan fingerprint density at radius 3 is 2.84 bits per heavy atom. The molecule has 0 unspecified atom stereocenters. The van der Waals surface area contributed by atoms with E-state index in [1.54, 1.807) is 12.1 Å². The monoisotopic (exact) mass is 320 g/mol. The zero-order valence-corrected chi connectivity index (χ0v) is 12.6. The summed E-state index contributed by atoms with van der Waals surface area (Å²) in [6, 6.07) is 11.9. The molecule has 0 aliphatic carbocycles. The van der Waals surface area contributed by atoms with Crippen molar-refractivity contribution in [3.05, 3.63) is 57.8 Å².